The predicted octanol–water partition coefficient (Wildman–Crippen LogP) is 2.66. The lowest BCUT2D eigenvalue weighted by Crippen LogP contribution is -2.23. The number of benzene rings is 3. The van der Waals surface area contributed by atoms with Crippen LogP contribution in [0.5, 0.6) is 0 Å². The summed E-state index contributed by atoms with van der Waals surface area (Å²) in [6.07, 6.45) is 0. The Morgan fingerprint density at radius 1 is 0.818 bits per heavy atom. The van der Waals surface area contributed by atoms with Crippen LogP contribution in [0.25, 0.3) is 0 Å². The Hall–Kier alpha value is -4.30. The molecule has 0 bridgehead atoms. The van der Waals surface area contributed by atoms with E-state index < -0.39 is 18.5 Å². The van der Waals surface area contributed by atoms with Crippen LogP contribution in [-0.2, 0) is 9.53 Å². The molecule has 33 heavy (non-hydrogen) atoms. The molecule has 8 nitrogen and oxygen atoms in total. The Morgan fingerprint density at radius 3 is 2.18 bits per heavy atom. The molecular weight excluding hydrogens is 424 g/mol. The average molecular weight is 444 g/mol. The smallest absolute Gasteiger partial charge is 0.340 e. The number of amides is 1. The highest BCUT2D eigenvalue weighted by molar-refractivity contribution is 6.28. The van der Waals surface area contributed by atoms with Gasteiger partial charge in [-0.3, -0.25) is 14.4 Å². The standard InChI is InChI=1S/C25H20N2O6/c28-12-11-26-21-8-4-3-7-19(21)25(32)33-14-22(29)27-15-9-10-18-20(13-15)24(31)17-6-2-1-5-16(17)23(18)30/h1-10,13,26,28H,11-12,14H2,(H,27,29). The van der Waals surface area contributed by atoms with Gasteiger partial charge in [-0.15, -0.1) is 0 Å². The van der Waals surface area contributed by atoms with E-state index in [1.54, 1.807) is 48.5 Å². The van der Waals surface area contributed by atoms with Gasteiger partial charge >= 0.3 is 5.97 Å². The lowest BCUT2D eigenvalue weighted by Gasteiger charge is -2.18. The molecule has 0 fully saturated rings. The molecule has 3 aromatic carbocycles. The largest absolute Gasteiger partial charge is 0.452 e. The van der Waals surface area contributed by atoms with Gasteiger partial charge in [0.1, 0.15) is 0 Å². The number of ketones is 2. The molecule has 8 heteroatoms. The topological polar surface area (TPSA) is 122 Å². The van der Waals surface area contributed by atoms with Gasteiger partial charge < -0.3 is 20.5 Å². The fraction of sp³-hybridized carbons (Fsp3) is 0.120. The van der Waals surface area contributed by atoms with E-state index in [0.717, 1.165) is 0 Å². The van der Waals surface area contributed by atoms with Gasteiger partial charge in [0.05, 0.1) is 12.2 Å². The van der Waals surface area contributed by atoms with Crippen LogP contribution in [0.2, 0.25) is 0 Å². The number of aliphatic hydroxyl groups excluding tert-OH is 1. The van der Waals surface area contributed by atoms with Gasteiger partial charge in [0.2, 0.25) is 0 Å². The number of aliphatic hydroxyl groups is 1. The van der Waals surface area contributed by atoms with Crippen molar-refractivity contribution >= 4 is 34.8 Å². The maximum Gasteiger partial charge on any atom is 0.340 e. The fourth-order valence-corrected chi connectivity index (χ4v) is 3.59. The molecule has 4 rings (SSSR count). The number of carbonyl (C=O) groups excluding carboxylic acids is 4. The number of fused-ring (bicyclic) bond motifs is 2. The monoisotopic (exact) mass is 444 g/mol. The van der Waals surface area contributed by atoms with E-state index in [4.69, 9.17) is 9.84 Å². The zero-order valence-corrected chi connectivity index (χ0v) is 17.5. The highest BCUT2D eigenvalue weighted by Gasteiger charge is 2.29. The summed E-state index contributed by atoms with van der Waals surface area (Å²) in [6.45, 7) is -0.388. The molecule has 3 N–H and O–H groups in total. The first kappa shape index (κ1) is 21.9. The fourth-order valence-electron chi connectivity index (χ4n) is 3.59. The first-order chi connectivity index (χ1) is 16.0. The molecule has 166 valence electrons. The highest BCUT2D eigenvalue weighted by Crippen LogP contribution is 2.29. The Morgan fingerprint density at radius 2 is 1.45 bits per heavy atom. The van der Waals surface area contributed by atoms with Crippen LogP contribution < -0.4 is 10.6 Å². The van der Waals surface area contributed by atoms with Crippen molar-refractivity contribution < 1.29 is 29.0 Å². The molecule has 1 aliphatic carbocycles. The molecule has 0 unspecified atom stereocenters. The molecule has 1 amide bonds. The molecule has 1 aliphatic rings. The molecule has 3 aromatic rings. The lowest BCUT2D eigenvalue weighted by molar-refractivity contribution is -0.119. The lowest BCUT2D eigenvalue weighted by atomic mass is 9.84. The quantitative estimate of drug-likeness (QED) is 0.375. The van der Waals surface area contributed by atoms with E-state index in [9.17, 15) is 19.2 Å². The van der Waals surface area contributed by atoms with Gasteiger partial charge in [0.15, 0.2) is 18.2 Å². The van der Waals surface area contributed by atoms with Crippen molar-refractivity contribution in [1.29, 1.82) is 0 Å². The van der Waals surface area contributed by atoms with Gasteiger partial charge in [0, 0.05) is 40.2 Å². The number of para-hydroxylation sites is 1. The minimum atomic E-state index is -0.700. The number of esters is 1. The first-order valence-corrected chi connectivity index (χ1v) is 10.2. The summed E-state index contributed by atoms with van der Waals surface area (Å²) < 4.78 is 5.11. The number of hydrogen-bond acceptors (Lipinski definition) is 7. The number of rotatable bonds is 7. The number of hydrogen-bond donors (Lipinski definition) is 3. The van der Waals surface area contributed by atoms with Gasteiger partial charge in [-0.05, 0) is 30.3 Å². The Kier molecular flexibility index (Phi) is 6.28. The Balaban J connectivity index is 1.43. The van der Waals surface area contributed by atoms with Crippen LogP contribution in [0.15, 0.2) is 66.7 Å². The van der Waals surface area contributed by atoms with E-state index in [2.05, 4.69) is 10.6 Å². The summed E-state index contributed by atoms with van der Waals surface area (Å²) in [5.74, 6) is -1.84. The third kappa shape index (κ3) is 4.51. The van der Waals surface area contributed by atoms with Gasteiger partial charge in [0.25, 0.3) is 5.91 Å². The van der Waals surface area contributed by atoms with Gasteiger partial charge in [-0.25, -0.2) is 4.79 Å². The third-order valence-electron chi connectivity index (χ3n) is 5.12. The van der Waals surface area contributed by atoms with Crippen LogP contribution in [0.3, 0.4) is 0 Å². The van der Waals surface area contributed by atoms with E-state index in [1.807, 2.05) is 0 Å². The molecule has 0 aliphatic heterocycles. The SMILES string of the molecule is O=C(COC(=O)c1ccccc1NCCO)Nc1ccc2c(c1)C(=O)c1ccccc1C2=O. The Labute approximate surface area is 189 Å². The normalized spacial score (nSPS) is 11.9. The highest BCUT2D eigenvalue weighted by atomic mass is 16.5. The minimum absolute atomic E-state index is 0.105. The number of anilines is 2. The first-order valence-electron chi connectivity index (χ1n) is 10.2. The minimum Gasteiger partial charge on any atom is -0.452 e. The second-order valence-electron chi connectivity index (χ2n) is 7.28. The van der Waals surface area contributed by atoms with E-state index >= 15 is 0 Å². The number of nitrogens with one attached hydrogen (secondary N) is 2. The van der Waals surface area contributed by atoms with E-state index in [0.29, 0.717) is 22.5 Å². The Bertz CT molecular complexity index is 1270. The average Bonchev–Trinajstić information content (AvgIpc) is 2.84. The predicted molar refractivity (Wildman–Crippen MR) is 121 cm³/mol. The third-order valence-corrected chi connectivity index (χ3v) is 5.12. The van der Waals surface area contributed by atoms with E-state index in [-0.39, 0.29) is 41.4 Å². The van der Waals surface area contributed by atoms with Crippen LogP contribution in [0.4, 0.5) is 11.4 Å². The van der Waals surface area contributed by atoms with Crippen LogP contribution in [0, 0.1) is 0 Å². The molecule has 0 saturated heterocycles. The van der Waals surface area contributed by atoms with E-state index in [1.165, 1.54) is 18.2 Å². The molecule has 0 heterocycles. The van der Waals surface area contributed by atoms with Gasteiger partial charge in [-0.2, -0.15) is 0 Å². The number of ether oxygens (including phenoxy) is 1. The van der Waals surface area contributed by atoms with Crippen molar-refractivity contribution in [1.82, 2.24) is 0 Å². The van der Waals surface area contributed by atoms with Crippen LogP contribution in [0.1, 0.15) is 42.2 Å². The zero-order valence-electron chi connectivity index (χ0n) is 17.5. The maximum atomic E-state index is 12.8. The molecule has 0 atom stereocenters. The summed E-state index contributed by atoms with van der Waals surface area (Å²) >= 11 is 0. The van der Waals surface area contributed by atoms with Gasteiger partial charge in [-0.1, -0.05) is 36.4 Å². The maximum absolute atomic E-state index is 12.8. The molecule has 0 saturated carbocycles. The summed E-state index contributed by atoms with van der Waals surface area (Å²) in [4.78, 5) is 50.2. The molecule has 0 aromatic heterocycles. The summed E-state index contributed by atoms with van der Waals surface area (Å²) in [5, 5.41) is 14.4. The van der Waals surface area contributed by atoms with Crippen molar-refractivity contribution in [3.8, 4) is 0 Å². The summed E-state index contributed by atoms with van der Waals surface area (Å²) in [7, 11) is 0. The second kappa shape index (κ2) is 9.46. The van der Waals surface area contributed by atoms with Crippen molar-refractivity contribution in [2.45, 2.75) is 0 Å². The zero-order chi connectivity index (χ0) is 23.4. The molecule has 0 spiro atoms. The van der Waals surface area contributed by atoms with Crippen molar-refractivity contribution in [2.24, 2.45) is 0 Å². The number of carbonyl (C=O) groups is 4. The molecule has 0 radical (unpaired) electrons. The van der Waals surface area contributed by atoms with Crippen molar-refractivity contribution in [2.75, 3.05) is 30.4 Å². The molecular formula is C25H20N2O6. The van der Waals surface area contributed by atoms with Crippen LogP contribution >= 0.6 is 0 Å². The van der Waals surface area contributed by atoms with Crippen LogP contribution in [-0.4, -0.2) is 48.3 Å². The summed E-state index contributed by atoms with van der Waals surface area (Å²) in [5.41, 5.74) is 2.17. The van der Waals surface area contributed by atoms with Crippen molar-refractivity contribution in [3.63, 3.8) is 0 Å². The second-order valence-corrected chi connectivity index (χ2v) is 7.28. The van der Waals surface area contributed by atoms with Crippen molar-refractivity contribution in [3.05, 3.63) is 94.5 Å². The summed E-state index contributed by atoms with van der Waals surface area (Å²) in [6, 6.07) is 17.6.